The molecule has 6 heteroatoms. The van der Waals surface area contributed by atoms with E-state index in [1.807, 2.05) is 6.92 Å². The predicted molar refractivity (Wildman–Crippen MR) is 76.9 cm³/mol. The van der Waals surface area contributed by atoms with Gasteiger partial charge in [-0.25, -0.2) is 9.07 Å². The first kappa shape index (κ1) is 13.8. The molecule has 110 valence electrons. The van der Waals surface area contributed by atoms with Crippen molar-refractivity contribution in [2.45, 2.75) is 13.0 Å². The zero-order valence-corrected chi connectivity index (χ0v) is 11.8. The molecule has 1 aliphatic rings. The fraction of sp³-hybridized carbons (Fsp3) is 0.333. The van der Waals surface area contributed by atoms with Gasteiger partial charge in [-0.05, 0) is 31.2 Å². The molecule has 1 atom stereocenters. The summed E-state index contributed by atoms with van der Waals surface area (Å²) in [7, 11) is 0. The van der Waals surface area contributed by atoms with Crippen LogP contribution in [0.1, 0.15) is 17.3 Å². The highest BCUT2D eigenvalue weighted by molar-refractivity contribution is 5.94. The van der Waals surface area contributed by atoms with E-state index in [0.29, 0.717) is 17.8 Å². The van der Waals surface area contributed by atoms with Gasteiger partial charge in [-0.1, -0.05) is 0 Å². The van der Waals surface area contributed by atoms with Crippen molar-refractivity contribution in [1.82, 2.24) is 20.0 Å². The first-order chi connectivity index (χ1) is 10.2. The number of benzene rings is 1. The molecule has 0 radical (unpaired) electrons. The summed E-state index contributed by atoms with van der Waals surface area (Å²) < 4.78 is 15.6. The third kappa shape index (κ3) is 2.67. The number of piperazine rings is 1. The Morgan fingerprint density at radius 1 is 1.48 bits per heavy atom. The lowest BCUT2D eigenvalue weighted by atomic mass is 10.1. The minimum atomic E-state index is -0.452. The number of nitrogens with zero attached hydrogens (tertiary/aromatic N) is 3. The summed E-state index contributed by atoms with van der Waals surface area (Å²) in [5, 5.41) is 7.23. The number of rotatable bonds is 2. The van der Waals surface area contributed by atoms with Crippen LogP contribution in [0.2, 0.25) is 0 Å². The van der Waals surface area contributed by atoms with Gasteiger partial charge < -0.3 is 10.2 Å². The molecule has 0 saturated carbocycles. The summed E-state index contributed by atoms with van der Waals surface area (Å²) in [4.78, 5) is 14.2. The maximum atomic E-state index is 14.2. The second kappa shape index (κ2) is 5.65. The molecule has 1 N–H and O–H groups in total. The molecule has 0 aliphatic carbocycles. The van der Waals surface area contributed by atoms with Crippen LogP contribution in [0.5, 0.6) is 0 Å². The number of hydrogen-bond donors (Lipinski definition) is 1. The highest BCUT2D eigenvalue weighted by atomic mass is 19.1. The quantitative estimate of drug-likeness (QED) is 0.910. The average Bonchev–Trinajstić information content (AvgIpc) is 3.01. The van der Waals surface area contributed by atoms with E-state index in [1.54, 1.807) is 35.5 Å². The standard InChI is InChI=1S/C15H17FN4O/c1-11-10-17-6-8-19(11)15(21)12-3-4-14(13(16)9-12)20-7-2-5-18-20/h2-5,7,9,11,17H,6,8,10H2,1H3/t11-/m1/s1. The van der Waals surface area contributed by atoms with Crippen molar-refractivity contribution in [3.8, 4) is 5.69 Å². The molecule has 21 heavy (non-hydrogen) atoms. The zero-order valence-electron chi connectivity index (χ0n) is 11.8. The van der Waals surface area contributed by atoms with Gasteiger partial charge in [0.1, 0.15) is 11.5 Å². The molecule has 1 aromatic carbocycles. The molecule has 1 fully saturated rings. The van der Waals surface area contributed by atoms with Crippen LogP contribution >= 0.6 is 0 Å². The van der Waals surface area contributed by atoms with Crippen LogP contribution in [-0.2, 0) is 0 Å². The Labute approximate surface area is 122 Å². The molecule has 2 heterocycles. The number of amides is 1. The normalized spacial score (nSPS) is 18.8. The molecular weight excluding hydrogens is 271 g/mol. The van der Waals surface area contributed by atoms with Crippen LogP contribution in [0.4, 0.5) is 4.39 Å². The van der Waals surface area contributed by atoms with E-state index in [1.165, 1.54) is 10.7 Å². The average molecular weight is 288 g/mol. The summed E-state index contributed by atoms with van der Waals surface area (Å²) in [6.45, 7) is 4.16. The van der Waals surface area contributed by atoms with Gasteiger partial charge in [0.15, 0.2) is 0 Å². The van der Waals surface area contributed by atoms with Crippen molar-refractivity contribution in [3.63, 3.8) is 0 Å². The molecule has 0 unspecified atom stereocenters. The number of halogens is 1. The maximum Gasteiger partial charge on any atom is 0.254 e. The lowest BCUT2D eigenvalue weighted by molar-refractivity contribution is 0.0655. The van der Waals surface area contributed by atoms with Crippen LogP contribution in [0.3, 0.4) is 0 Å². The Morgan fingerprint density at radius 3 is 3.00 bits per heavy atom. The second-order valence-corrected chi connectivity index (χ2v) is 5.17. The largest absolute Gasteiger partial charge is 0.333 e. The lowest BCUT2D eigenvalue weighted by Gasteiger charge is -2.34. The predicted octanol–water partition coefficient (Wildman–Crippen LogP) is 1.45. The van der Waals surface area contributed by atoms with E-state index < -0.39 is 5.82 Å². The highest BCUT2D eigenvalue weighted by Gasteiger charge is 2.24. The molecule has 0 spiro atoms. The number of aromatic nitrogens is 2. The Morgan fingerprint density at radius 2 is 2.33 bits per heavy atom. The van der Waals surface area contributed by atoms with Crippen molar-refractivity contribution in [2.24, 2.45) is 0 Å². The number of nitrogens with one attached hydrogen (secondary N) is 1. The summed E-state index contributed by atoms with van der Waals surface area (Å²) in [5.41, 5.74) is 0.710. The van der Waals surface area contributed by atoms with Crippen LogP contribution in [-0.4, -0.2) is 46.3 Å². The molecule has 1 amide bonds. The molecule has 5 nitrogen and oxygen atoms in total. The van der Waals surface area contributed by atoms with Crippen molar-refractivity contribution < 1.29 is 9.18 Å². The van der Waals surface area contributed by atoms with Crippen LogP contribution in [0.25, 0.3) is 5.69 Å². The third-order valence-corrected chi connectivity index (χ3v) is 3.71. The maximum absolute atomic E-state index is 14.2. The molecule has 1 aromatic heterocycles. The van der Waals surface area contributed by atoms with E-state index in [-0.39, 0.29) is 11.9 Å². The smallest absolute Gasteiger partial charge is 0.254 e. The molecular formula is C15H17FN4O. The molecule has 1 saturated heterocycles. The summed E-state index contributed by atoms with van der Waals surface area (Å²) in [6.07, 6.45) is 3.25. The van der Waals surface area contributed by atoms with E-state index in [2.05, 4.69) is 10.4 Å². The number of carbonyl (C=O) groups excluding carboxylic acids is 1. The minimum Gasteiger partial charge on any atom is -0.333 e. The van der Waals surface area contributed by atoms with Gasteiger partial charge in [0.25, 0.3) is 5.91 Å². The van der Waals surface area contributed by atoms with E-state index >= 15 is 0 Å². The van der Waals surface area contributed by atoms with Gasteiger partial charge in [-0.3, -0.25) is 4.79 Å². The summed E-state index contributed by atoms with van der Waals surface area (Å²) >= 11 is 0. The van der Waals surface area contributed by atoms with Crippen LogP contribution in [0, 0.1) is 5.82 Å². The van der Waals surface area contributed by atoms with Gasteiger partial charge >= 0.3 is 0 Å². The lowest BCUT2D eigenvalue weighted by Crippen LogP contribution is -2.52. The van der Waals surface area contributed by atoms with Crippen molar-refractivity contribution in [1.29, 1.82) is 0 Å². The van der Waals surface area contributed by atoms with Gasteiger partial charge in [-0.15, -0.1) is 0 Å². The fourth-order valence-electron chi connectivity index (χ4n) is 2.55. The minimum absolute atomic E-state index is 0.111. The van der Waals surface area contributed by atoms with Crippen molar-refractivity contribution in [2.75, 3.05) is 19.6 Å². The van der Waals surface area contributed by atoms with Gasteiger partial charge in [0, 0.05) is 43.6 Å². The van der Waals surface area contributed by atoms with Gasteiger partial charge in [0.2, 0.25) is 0 Å². The topological polar surface area (TPSA) is 50.2 Å². The first-order valence-corrected chi connectivity index (χ1v) is 6.98. The van der Waals surface area contributed by atoms with E-state index in [4.69, 9.17) is 0 Å². The number of carbonyl (C=O) groups is 1. The molecule has 3 rings (SSSR count). The zero-order chi connectivity index (χ0) is 14.8. The SMILES string of the molecule is C[C@@H]1CNCCN1C(=O)c1ccc(-n2cccn2)c(F)c1. The summed E-state index contributed by atoms with van der Waals surface area (Å²) in [5.74, 6) is -0.581. The third-order valence-electron chi connectivity index (χ3n) is 3.71. The highest BCUT2D eigenvalue weighted by Crippen LogP contribution is 2.17. The Bertz CT molecular complexity index is 641. The molecule has 2 aromatic rings. The Hall–Kier alpha value is -2.21. The summed E-state index contributed by atoms with van der Waals surface area (Å²) in [6, 6.07) is 6.36. The van der Waals surface area contributed by atoms with Crippen LogP contribution in [0.15, 0.2) is 36.7 Å². The number of hydrogen-bond acceptors (Lipinski definition) is 3. The second-order valence-electron chi connectivity index (χ2n) is 5.17. The van der Waals surface area contributed by atoms with Gasteiger partial charge in [0.05, 0.1) is 0 Å². The van der Waals surface area contributed by atoms with E-state index in [9.17, 15) is 9.18 Å². The van der Waals surface area contributed by atoms with Crippen molar-refractivity contribution >= 4 is 5.91 Å². The fourth-order valence-corrected chi connectivity index (χ4v) is 2.55. The molecule has 0 bridgehead atoms. The monoisotopic (exact) mass is 288 g/mol. The van der Waals surface area contributed by atoms with Crippen molar-refractivity contribution in [3.05, 3.63) is 48.0 Å². The van der Waals surface area contributed by atoms with E-state index in [0.717, 1.165) is 13.1 Å². The molecule has 1 aliphatic heterocycles. The first-order valence-electron chi connectivity index (χ1n) is 6.98. The Kier molecular flexibility index (Phi) is 3.70. The Balaban J connectivity index is 1.86. The van der Waals surface area contributed by atoms with Crippen LogP contribution < -0.4 is 5.32 Å². The van der Waals surface area contributed by atoms with Gasteiger partial charge in [-0.2, -0.15) is 5.10 Å².